The molecule has 2 heterocycles. The Balaban J connectivity index is 1.60. The van der Waals surface area contributed by atoms with Crippen molar-refractivity contribution in [3.8, 4) is 11.3 Å². The third kappa shape index (κ3) is 3.61. The predicted molar refractivity (Wildman–Crippen MR) is 114 cm³/mol. The lowest BCUT2D eigenvalue weighted by molar-refractivity contribution is -0.113. The first-order chi connectivity index (χ1) is 13.4. The number of aryl methyl sites for hydroxylation is 1. The summed E-state index contributed by atoms with van der Waals surface area (Å²) >= 11 is 12.9. The lowest BCUT2D eigenvalue weighted by Gasteiger charge is -2.12. The fourth-order valence-corrected chi connectivity index (χ4v) is 3.87. The van der Waals surface area contributed by atoms with Gasteiger partial charge in [0.2, 0.25) is 0 Å². The van der Waals surface area contributed by atoms with Gasteiger partial charge in [-0.3, -0.25) is 9.59 Å². The van der Waals surface area contributed by atoms with Gasteiger partial charge in [0.1, 0.15) is 11.5 Å². The van der Waals surface area contributed by atoms with E-state index < -0.39 is 0 Å². The smallest absolute Gasteiger partial charge is 0.298 e. The van der Waals surface area contributed by atoms with Gasteiger partial charge in [0, 0.05) is 11.6 Å². The molecule has 4 rings (SSSR count). The number of rotatable bonds is 3. The Labute approximate surface area is 175 Å². The van der Waals surface area contributed by atoms with E-state index in [2.05, 4.69) is 0 Å². The average molecular weight is 430 g/mol. The van der Waals surface area contributed by atoms with E-state index in [-0.39, 0.29) is 11.1 Å². The summed E-state index contributed by atoms with van der Waals surface area (Å²) in [6.07, 6.45) is 1.57. The third-order valence-corrected chi connectivity index (χ3v) is 5.80. The zero-order valence-corrected chi connectivity index (χ0v) is 16.9. The van der Waals surface area contributed by atoms with Gasteiger partial charge in [-0.05, 0) is 61.2 Å². The molecule has 0 spiro atoms. The first kappa shape index (κ1) is 18.9. The molecule has 4 nitrogen and oxygen atoms in total. The molecule has 0 bridgehead atoms. The Kier molecular flexibility index (Phi) is 5.06. The minimum absolute atomic E-state index is 0.306. The van der Waals surface area contributed by atoms with E-state index in [4.69, 9.17) is 27.6 Å². The van der Waals surface area contributed by atoms with Crippen LogP contribution in [0.25, 0.3) is 17.4 Å². The largest absolute Gasteiger partial charge is 0.457 e. The highest BCUT2D eigenvalue weighted by molar-refractivity contribution is 8.19. The molecule has 2 amide bonds. The van der Waals surface area contributed by atoms with Gasteiger partial charge in [-0.25, -0.2) is 4.90 Å². The lowest BCUT2D eigenvalue weighted by Crippen LogP contribution is -2.27. The summed E-state index contributed by atoms with van der Waals surface area (Å²) in [6.45, 7) is 1.94. The van der Waals surface area contributed by atoms with Crippen LogP contribution in [0.1, 0.15) is 11.3 Å². The normalized spacial score (nSPS) is 15.7. The summed E-state index contributed by atoms with van der Waals surface area (Å²) in [5.41, 5.74) is 2.37. The molecule has 0 N–H and O–H groups in total. The summed E-state index contributed by atoms with van der Waals surface area (Å²) in [5.74, 6) is 0.685. The first-order valence-electron chi connectivity index (χ1n) is 8.32. The maximum atomic E-state index is 12.7. The van der Waals surface area contributed by atoms with Crippen molar-refractivity contribution in [1.82, 2.24) is 0 Å². The molecule has 0 aliphatic carbocycles. The second-order valence-corrected chi connectivity index (χ2v) is 7.99. The summed E-state index contributed by atoms with van der Waals surface area (Å²) in [6, 6.07) is 15.9. The van der Waals surface area contributed by atoms with Crippen LogP contribution < -0.4 is 4.90 Å². The molecule has 2 aromatic carbocycles. The molecule has 1 saturated heterocycles. The maximum absolute atomic E-state index is 12.7. The minimum Gasteiger partial charge on any atom is -0.457 e. The highest BCUT2D eigenvalue weighted by Crippen LogP contribution is 2.36. The van der Waals surface area contributed by atoms with Gasteiger partial charge < -0.3 is 4.42 Å². The number of carbonyl (C=O) groups excluding carboxylic acids is 2. The van der Waals surface area contributed by atoms with Gasteiger partial charge in [-0.1, -0.05) is 40.9 Å². The monoisotopic (exact) mass is 429 g/mol. The summed E-state index contributed by atoms with van der Waals surface area (Å²) in [7, 11) is 0. The molecule has 1 fully saturated rings. The third-order valence-electron chi connectivity index (χ3n) is 4.19. The van der Waals surface area contributed by atoms with Crippen LogP contribution in [0, 0.1) is 6.92 Å². The topological polar surface area (TPSA) is 50.5 Å². The van der Waals surface area contributed by atoms with Crippen LogP contribution in [0.3, 0.4) is 0 Å². The van der Waals surface area contributed by atoms with E-state index in [9.17, 15) is 9.59 Å². The van der Waals surface area contributed by atoms with Crippen LogP contribution >= 0.6 is 35.0 Å². The molecule has 7 heteroatoms. The van der Waals surface area contributed by atoms with Gasteiger partial charge in [0.25, 0.3) is 11.1 Å². The molecule has 0 unspecified atom stereocenters. The van der Waals surface area contributed by atoms with Crippen molar-refractivity contribution in [3.63, 3.8) is 0 Å². The van der Waals surface area contributed by atoms with E-state index in [1.54, 1.807) is 48.5 Å². The number of nitrogens with zero attached hydrogens (tertiary/aromatic N) is 1. The number of anilines is 1. The fourth-order valence-electron chi connectivity index (χ4n) is 2.75. The standard InChI is InChI=1S/C21H13Cl2NO3S/c1-12-2-5-14(6-3-12)24-20(25)19(28-21(24)26)11-15-7-9-18(27-15)13-4-8-16(22)17(23)10-13/h2-11H,1H3/b19-11-. The molecule has 0 atom stereocenters. The van der Waals surface area contributed by atoms with Crippen molar-refractivity contribution < 1.29 is 14.0 Å². The second-order valence-electron chi connectivity index (χ2n) is 6.18. The summed E-state index contributed by atoms with van der Waals surface area (Å²) in [4.78, 5) is 26.5. The highest BCUT2D eigenvalue weighted by Gasteiger charge is 2.36. The fraction of sp³-hybridized carbons (Fsp3) is 0.0476. The Morgan fingerprint density at radius 1 is 0.964 bits per heavy atom. The van der Waals surface area contributed by atoms with Crippen LogP contribution in [0.4, 0.5) is 10.5 Å². The first-order valence-corrected chi connectivity index (χ1v) is 9.89. The number of furan rings is 1. The minimum atomic E-state index is -0.369. The van der Waals surface area contributed by atoms with Crippen molar-refractivity contribution in [2.75, 3.05) is 4.90 Å². The molecule has 1 aromatic heterocycles. The molecule has 1 aliphatic heterocycles. The predicted octanol–water partition coefficient (Wildman–Crippen LogP) is 6.80. The Hall–Kier alpha value is -2.47. The molecular weight excluding hydrogens is 417 g/mol. The van der Waals surface area contributed by atoms with Crippen molar-refractivity contribution >= 4 is 57.9 Å². The van der Waals surface area contributed by atoms with Crippen LogP contribution in [0.15, 0.2) is 63.9 Å². The van der Waals surface area contributed by atoms with Gasteiger partial charge in [-0.15, -0.1) is 0 Å². The van der Waals surface area contributed by atoms with Crippen LogP contribution in [-0.2, 0) is 4.79 Å². The number of carbonyl (C=O) groups is 2. The zero-order valence-electron chi connectivity index (χ0n) is 14.6. The number of hydrogen-bond donors (Lipinski definition) is 0. The van der Waals surface area contributed by atoms with E-state index in [0.717, 1.165) is 22.9 Å². The second kappa shape index (κ2) is 7.51. The molecule has 28 heavy (non-hydrogen) atoms. The number of halogens is 2. The van der Waals surface area contributed by atoms with Gasteiger partial charge in [0.05, 0.1) is 20.6 Å². The van der Waals surface area contributed by atoms with Crippen molar-refractivity contribution in [3.05, 3.63) is 80.9 Å². The van der Waals surface area contributed by atoms with Crippen LogP contribution in [-0.4, -0.2) is 11.1 Å². The zero-order chi connectivity index (χ0) is 19.8. The van der Waals surface area contributed by atoms with E-state index >= 15 is 0 Å². The maximum Gasteiger partial charge on any atom is 0.298 e. The van der Waals surface area contributed by atoms with Crippen LogP contribution in [0.5, 0.6) is 0 Å². The Morgan fingerprint density at radius 3 is 2.43 bits per heavy atom. The molecule has 0 radical (unpaired) electrons. The molecule has 3 aromatic rings. The van der Waals surface area contributed by atoms with Crippen molar-refractivity contribution in [2.45, 2.75) is 6.92 Å². The van der Waals surface area contributed by atoms with E-state index in [1.807, 2.05) is 19.1 Å². The van der Waals surface area contributed by atoms with E-state index in [0.29, 0.717) is 32.2 Å². The van der Waals surface area contributed by atoms with Crippen molar-refractivity contribution in [2.24, 2.45) is 0 Å². The quantitative estimate of drug-likeness (QED) is 0.429. The van der Waals surface area contributed by atoms with Crippen LogP contribution in [0.2, 0.25) is 10.0 Å². The Morgan fingerprint density at radius 2 is 1.71 bits per heavy atom. The molecular formula is C21H13Cl2NO3S. The number of benzene rings is 2. The summed E-state index contributed by atoms with van der Waals surface area (Å²) < 4.78 is 5.79. The average Bonchev–Trinajstić information content (AvgIpc) is 3.24. The van der Waals surface area contributed by atoms with Gasteiger partial charge >= 0.3 is 0 Å². The molecule has 1 aliphatic rings. The highest BCUT2D eigenvalue weighted by atomic mass is 35.5. The van der Waals surface area contributed by atoms with Crippen molar-refractivity contribution in [1.29, 1.82) is 0 Å². The van der Waals surface area contributed by atoms with Gasteiger partial charge in [0.15, 0.2) is 0 Å². The number of imide groups is 1. The Bertz CT molecular complexity index is 1120. The molecule has 140 valence electrons. The lowest BCUT2D eigenvalue weighted by atomic mass is 10.2. The number of hydrogen-bond acceptors (Lipinski definition) is 4. The number of amides is 2. The van der Waals surface area contributed by atoms with E-state index in [1.165, 1.54) is 4.90 Å². The SMILES string of the molecule is Cc1ccc(N2C(=O)S/C(=C\c3ccc(-c4ccc(Cl)c(Cl)c4)o3)C2=O)cc1. The summed E-state index contributed by atoms with van der Waals surface area (Å²) in [5, 5.41) is 0.551. The number of thioether (sulfide) groups is 1. The molecule has 0 saturated carbocycles. The van der Waals surface area contributed by atoms with Gasteiger partial charge in [-0.2, -0.15) is 0 Å².